The Morgan fingerprint density at radius 3 is 1.90 bits per heavy atom. The van der Waals surface area contributed by atoms with E-state index >= 15 is 0 Å². The first kappa shape index (κ1) is 9.61. The van der Waals surface area contributed by atoms with Gasteiger partial charge in [-0.15, -0.1) is 0 Å². The van der Waals surface area contributed by atoms with Crippen LogP contribution in [0.5, 0.6) is 0 Å². The molecule has 1 nitrogen and oxygen atoms in total. The van der Waals surface area contributed by atoms with Crippen LogP contribution in [-0.4, -0.2) is 12.3 Å². The second-order valence-electron chi connectivity index (χ2n) is 1.51. The molecule has 6 heteroatoms. The summed E-state index contributed by atoms with van der Waals surface area (Å²) in [6.07, 6.45) is -7.19. The summed E-state index contributed by atoms with van der Waals surface area (Å²) in [5.74, 6) is 0. The minimum atomic E-state index is -4.43. The molecule has 1 unspecified atom stereocenters. The Bertz CT molecular complexity index is 102. The lowest BCUT2D eigenvalue weighted by Crippen LogP contribution is -2.30. The number of ether oxygens (including phenoxy) is 1. The lowest BCUT2D eigenvalue weighted by Gasteiger charge is -2.15. The molecule has 0 aromatic heterocycles. The van der Waals surface area contributed by atoms with E-state index < -0.39 is 18.9 Å². The zero-order valence-electron chi connectivity index (χ0n) is 4.88. The molecule has 0 heterocycles. The standard InChI is InChI=1S/C4H4F5O/c1-2(5)4(8,9)10-3(6)7/h2H,1H3. The molecular weight excluding hydrogens is 159 g/mol. The topological polar surface area (TPSA) is 9.23 Å². The molecule has 0 aliphatic rings. The quantitative estimate of drug-likeness (QED) is 0.580. The molecule has 0 aliphatic carbocycles. The molecule has 0 aliphatic heterocycles. The number of rotatable bonds is 3. The molecule has 0 saturated heterocycles. The molecule has 0 fully saturated rings. The van der Waals surface area contributed by atoms with Crippen LogP contribution in [0.15, 0.2) is 0 Å². The minimum absolute atomic E-state index is 0.420. The van der Waals surface area contributed by atoms with Gasteiger partial charge in [0.15, 0.2) is 6.17 Å². The molecule has 0 aromatic carbocycles. The van der Waals surface area contributed by atoms with Crippen LogP contribution >= 0.6 is 0 Å². The van der Waals surface area contributed by atoms with Gasteiger partial charge in [-0.05, 0) is 6.92 Å². The van der Waals surface area contributed by atoms with Crippen molar-refractivity contribution in [2.75, 3.05) is 0 Å². The molecule has 0 N–H and O–H groups in total. The van der Waals surface area contributed by atoms with Gasteiger partial charge in [-0.1, -0.05) is 0 Å². The number of halogens is 5. The Labute approximate surface area is 53.8 Å². The Kier molecular flexibility index (Phi) is 3.01. The molecule has 61 valence electrons. The predicted molar refractivity (Wildman–Crippen MR) is 22.1 cm³/mol. The summed E-state index contributed by atoms with van der Waals surface area (Å²) in [7, 11) is 0. The highest BCUT2D eigenvalue weighted by Crippen LogP contribution is 2.27. The average molecular weight is 163 g/mol. The van der Waals surface area contributed by atoms with Crippen molar-refractivity contribution in [3.8, 4) is 0 Å². The van der Waals surface area contributed by atoms with Gasteiger partial charge in [0.1, 0.15) is 0 Å². The van der Waals surface area contributed by atoms with Crippen LogP contribution in [-0.2, 0) is 4.74 Å². The highest BCUT2D eigenvalue weighted by atomic mass is 19.3. The zero-order valence-corrected chi connectivity index (χ0v) is 4.88. The van der Waals surface area contributed by atoms with Gasteiger partial charge < -0.3 is 0 Å². The number of hydrogen-bond donors (Lipinski definition) is 0. The van der Waals surface area contributed by atoms with E-state index in [1.807, 2.05) is 0 Å². The first-order valence-corrected chi connectivity index (χ1v) is 2.25. The monoisotopic (exact) mass is 163 g/mol. The number of hydrogen-bond acceptors (Lipinski definition) is 1. The SMILES string of the molecule is CC(F)C(F)(F)O[C](F)F. The Morgan fingerprint density at radius 2 is 1.80 bits per heavy atom. The van der Waals surface area contributed by atoms with Crippen LogP contribution in [0.25, 0.3) is 0 Å². The van der Waals surface area contributed by atoms with E-state index in [-0.39, 0.29) is 0 Å². The first-order chi connectivity index (χ1) is 4.36. The maximum atomic E-state index is 11.7. The van der Waals surface area contributed by atoms with E-state index in [4.69, 9.17) is 0 Å². The van der Waals surface area contributed by atoms with Crippen LogP contribution in [0.4, 0.5) is 22.0 Å². The molecule has 0 bridgehead atoms. The second-order valence-corrected chi connectivity index (χ2v) is 1.51. The van der Waals surface area contributed by atoms with Crippen molar-refractivity contribution in [1.82, 2.24) is 0 Å². The molecular formula is C4H4F5O. The van der Waals surface area contributed by atoms with Crippen molar-refractivity contribution in [2.24, 2.45) is 0 Å². The molecule has 0 aromatic rings. The van der Waals surface area contributed by atoms with Crippen LogP contribution in [0, 0.1) is 6.61 Å². The summed E-state index contributed by atoms with van der Waals surface area (Å²) < 4.78 is 59.5. The minimum Gasteiger partial charge on any atom is -0.246 e. The maximum Gasteiger partial charge on any atom is 0.453 e. The number of alkyl halides is 3. The molecule has 0 saturated carbocycles. The predicted octanol–water partition coefficient (Wildman–Crippen LogP) is 2.34. The fourth-order valence-electron chi connectivity index (χ4n) is 0.184. The van der Waals surface area contributed by atoms with Gasteiger partial charge in [0.05, 0.1) is 0 Å². The second kappa shape index (κ2) is 3.14. The van der Waals surface area contributed by atoms with Crippen molar-refractivity contribution in [1.29, 1.82) is 0 Å². The summed E-state index contributed by atoms with van der Waals surface area (Å²) >= 11 is 0. The molecule has 1 radical (unpaired) electrons. The fraction of sp³-hybridized carbons (Fsp3) is 0.750. The van der Waals surface area contributed by atoms with Crippen LogP contribution in [0.2, 0.25) is 0 Å². The molecule has 0 amide bonds. The van der Waals surface area contributed by atoms with Crippen molar-refractivity contribution >= 4 is 0 Å². The summed E-state index contributed by atoms with van der Waals surface area (Å²) in [6.45, 7) is -2.53. The van der Waals surface area contributed by atoms with Gasteiger partial charge in [-0.3, -0.25) is 0 Å². The third-order valence-electron chi connectivity index (χ3n) is 0.676. The zero-order chi connectivity index (χ0) is 8.36. The summed E-state index contributed by atoms with van der Waals surface area (Å²) in [5, 5.41) is 0. The van der Waals surface area contributed by atoms with Gasteiger partial charge in [-0.25, -0.2) is 9.13 Å². The molecule has 1 atom stereocenters. The Morgan fingerprint density at radius 1 is 1.40 bits per heavy atom. The summed E-state index contributed by atoms with van der Waals surface area (Å²) in [6, 6.07) is 0. The summed E-state index contributed by atoms with van der Waals surface area (Å²) in [4.78, 5) is 0. The lowest BCUT2D eigenvalue weighted by atomic mass is 10.4. The van der Waals surface area contributed by atoms with Gasteiger partial charge >= 0.3 is 12.7 Å². The third-order valence-corrected chi connectivity index (χ3v) is 0.676. The van der Waals surface area contributed by atoms with Crippen LogP contribution < -0.4 is 0 Å². The van der Waals surface area contributed by atoms with Gasteiger partial charge in [0.2, 0.25) is 0 Å². The maximum absolute atomic E-state index is 11.7. The highest BCUT2D eigenvalue weighted by molar-refractivity contribution is 4.62. The van der Waals surface area contributed by atoms with Gasteiger partial charge in [0, 0.05) is 0 Å². The molecule has 10 heavy (non-hydrogen) atoms. The lowest BCUT2D eigenvalue weighted by molar-refractivity contribution is -0.297. The fourth-order valence-corrected chi connectivity index (χ4v) is 0.184. The smallest absolute Gasteiger partial charge is 0.246 e. The Hall–Kier alpha value is -0.390. The van der Waals surface area contributed by atoms with Crippen molar-refractivity contribution in [3.63, 3.8) is 0 Å². The van der Waals surface area contributed by atoms with Gasteiger partial charge in [0.25, 0.3) is 0 Å². The van der Waals surface area contributed by atoms with E-state index in [2.05, 4.69) is 4.74 Å². The Balaban J connectivity index is 3.87. The average Bonchev–Trinajstić information content (AvgIpc) is 1.60. The van der Waals surface area contributed by atoms with E-state index in [9.17, 15) is 22.0 Å². The van der Waals surface area contributed by atoms with Gasteiger partial charge in [-0.2, -0.15) is 17.6 Å². The van der Waals surface area contributed by atoms with Crippen molar-refractivity contribution in [2.45, 2.75) is 19.2 Å². The van der Waals surface area contributed by atoms with Crippen molar-refractivity contribution < 1.29 is 26.7 Å². The third kappa shape index (κ3) is 2.95. The largest absolute Gasteiger partial charge is 0.453 e. The van der Waals surface area contributed by atoms with E-state index in [1.165, 1.54) is 0 Å². The highest BCUT2D eigenvalue weighted by Gasteiger charge is 2.42. The summed E-state index contributed by atoms with van der Waals surface area (Å²) in [5.41, 5.74) is 0. The first-order valence-electron chi connectivity index (χ1n) is 2.25. The van der Waals surface area contributed by atoms with Crippen LogP contribution in [0.1, 0.15) is 6.92 Å². The van der Waals surface area contributed by atoms with Crippen LogP contribution in [0.3, 0.4) is 0 Å². The molecule has 0 rings (SSSR count). The normalized spacial score (nSPS) is 15.9. The van der Waals surface area contributed by atoms with E-state index in [0.29, 0.717) is 6.92 Å². The van der Waals surface area contributed by atoms with Crippen molar-refractivity contribution in [3.05, 3.63) is 6.61 Å². The van der Waals surface area contributed by atoms with E-state index in [0.717, 1.165) is 0 Å². The molecule has 0 spiro atoms. The van der Waals surface area contributed by atoms with E-state index in [1.54, 1.807) is 0 Å².